The number of nitrogens with two attached hydrogens (primary N) is 1. The number of rotatable bonds is 2. The van der Waals surface area contributed by atoms with Crippen LogP contribution in [0.2, 0.25) is 0 Å². The second-order valence-corrected chi connectivity index (χ2v) is 3.77. The summed E-state index contributed by atoms with van der Waals surface area (Å²) < 4.78 is 31.9. The SMILES string of the molecule is Cc1c[n+](O)c(Oc2ccc(F)cc2F)cc1N. The lowest BCUT2D eigenvalue weighted by Gasteiger charge is -2.04. The second kappa shape index (κ2) is 4.48. The number of halogens is 2. The first-order valence-electron chi connectivity index (χ1n) is 5.11. The van der Waals surface area contributed by atoms with Crippen LogP contribution < -0.4 is 15.2 Å². The number of hydrogen-bond acceptors (Lipinski definition) is 3. The molecule has 0 aliphatic rings. The zero-order chi connectivity index (χ0) is 13.3. The van der Waals surface area contributed by atoms with Gasteiger partial charge in [-0.05, 0) is 19.1 Å². The van der Waals surface area contributed by atoms with Crippen LogP contribution in [-0.4, -0.2) is 5.21 Å². The van der Waals surface area contributed by atoms with Crippen molar-refractivity contribution in [3.8, 4) is 11.6 Å². The molecule has 0 amide bonds. The number of anilines is 1. The van der Waals surface area contributed by atoms with E-state index in [4.69, 9.17) is 10.5 Å². The molecule has 94 valence electrons. The molecule has 4 nitrogen and oxygen atoms in total. The number of nitrogens with zero attached hydrogens (tertiary/aromatic N) is 1. The van der Waals surface area contributed by atoms with Crippen molar-refractivity contribution in [1.82, 2.24) is 0 Å². The van der Waals surface area contributed by atoms with Gasteiger partial charge in [0.05, 0.1) is 11.8 Å². The summed E-state index contributed by atoms with van der Waals surface area (Å²) in [5, 5.41) is 9.56. The van der Waals surface area contributed by atoms with Gasteiger partial charge in [0.2, 0.25) is 6.20 Å². The molecule has 0 unspecified atom stereocenters. The van der Waals surface area contributed by atoms with E-state index in [1.165, 1.54) is 12.3 Å². The molecule has 0 atom stereocenters. The van der Waals surface area contributed by atoms with Gasteiger partial charge in [-0.3, -0.25) is 5.21 Å². The molecule has 0 aliphatic carbocycles. The van der Waals surface area contributed by atoms with E-state index >= 15 is 0 Å². The highest BCUT2D eigenvalue weighted by atomic mass is 19.1. The molecular weight excluding hydrogens is 242 g/mol. The molecule has 1 aromatic carbocycles. The molecule has 2 rings (SSSR count). The van der Waals surface area contributed by atoms with Crippen LogP contribution in [0.15, 0.2) is 30.5 Å². The van der Waals surface area contributed by atoms with Gasteiger partial charge in [-0.25, -0.2) is 8.78 Å². The van der Waals surface area contributed by atoms with Crippen molar-refractivity contribution in [1.29, 1.82) is 0 Å². The minimum absolute atomic E-state index is 0.0661. The third-order valence-corrected chi connectivity index (χ3v) is 2.38. The van der Waals surface area contributed by atoms with Crippen molar-refractivity contribution in [2.75, 3.05) is 5.73 Å². The van der Waals surface area contributed by atoms with Crippen LogP contribution >= 0.6 is 0 Å². The summed E-state index contributed by atoms with van der Waals surface area (Å²) in [6, 6.07) is 4.21. The van der Waals surface area contributed by atoms with Crippen LogP contribution in [0, 0.1) is 18.6 Å². The third-order valence-electron chi connectivity index (χ3n) is 2.38. The minimum Gasteiger partial charge on any atom is -0.399 e. The average molecular weight is 253 g/mol. The molecule has 1 heterocycles. The first-order valence-corrected chi connectivity index (χ1v) is 5.11. The first-order chi connectivity index (χ1) is 8.47. The molecule has 0 radical (unpaired) electrons. The summed E-state index contributed by atoms with van der Waals surface area (Å²) >= 11 is 0. The van der Waals surface area contributed by atoms with E-state index < -0.39 is 11.6 Å². The predicted molar refractivity (Wildman–Crippen MR) is 59.4 cm³/mol. The molecular formula is C12H11F2N2O2+. The number of nitrogen functional groups attached to an aromatic ring is 1. The van der Waals surface area contributed by atoms with E-state index in [2.05, 4.69) is 0 Å². The fraction of sp³-hybridized carbons (Fsp3) is 0.0833. The number of benzene rings is 1. The van der Waals surface area contributed by atoms with Gasteiger partial charge in [0.1, 0.15) is 5.82 Å². The number of pyridine rings is 1. The van der Waals surface area contributed by atoms with Crippen molar-refractivity contribution in [3.05, 3.63) is 47.7 Å². The zero-order valence-corrected chi connectivity index (χ0v) is 9.52. The maximum Gasteiger partial charge on any atom is 0.424 e. The standard InChI is InChI=1S/C12H10F2N2O2/c1-7-6-16(17)12(5-10(7)15)18-11-3-2-8(13)4-9(11)14/h2-6,15,17H,1H3/p+1. The van der Waals surface area contributed by atoms with Crippen LogP contribution in [0.4, 0.5) is 14.5 Å². The van der Waals surface area contributed by atoms with Gasteiger partial charge in [0.25, 0.3) is 0 Å². The molecule has 18 heavy (non-hydrogen) atoms. The van der Waals surface area contributed by atoms with Crippen LogP contribution in [-0.2, 0) is 0 Å². The van der Waals surface area contributed by atoms with E-state index in [0.717, 1.165) is 12.1 Å². The molecule has 0 spiro atoms. The van der Waals surface area contributed by atoms with Crippen LogP contribution in [0.5, 0.6) is 11.6 Å². The normalized spacial score (nSPS) is 10.4. The lowest BCUT2D eigenvalue weighted by atomic mass is 10.2. The summed E-state index contributed by atoms with van der Waals surface area (Å²) in [5.41, 5.74) is 6.68. The average Bonchev–Trinajstić information content (AvgIpc) is 2.29. The van der Waals surface area contributed by atoms with Gasteiger partial charge in [-0.2, -0.15) is 0 Å². The highest BCUT2D eigenvalue weighted by Crippen LogP contribution is 2.24. The molecule has 6 heteroatoms. The topological polar surface area (TPSA) is 59.4 Å². The first kappa shape index (κ1) is 12.1. The van der Waals surface area contributed by atoms with Crippen LogP contribution in [0.25, 0.3) is 0 Å². The summed E-state index contributed by atoms with van der Waals surface area (Å²) in [7, 11) is 0. The largest absolute Gasteiger partial charge is 0.424 e. The van der Waals surface area contributed by atoms with Gasteiger partial charge in [-0.15, -0.1) is 0 Å². The molecule has 2 aromatic rings. The van der Waals surface area contributed by atoms with Crippen molar-refractivity contribution in [2.24, 2.45) is 0 Å². The minimum atomic E-state index is -0.867. The Hall–Kier alpha value is -2.37. The maximum absolute atomic E-state index is 13.4. The van der Waals surface area contributed by atoms with Crippen LogP contribution in [0.1, 0.15) is 5.56 Å². The number of aromatic nitrogens is 1. The van der Waals surface area contributed by atoms with Crippen molar-refractivity contribution < 1.29 is 23.5 Å². The summed E-state index contributed by atoms with van der Waals surface area (Å²) in [6.07, 6.45) is 1.33. The molecule has 0 saturated carbocycles. The quantitative estimate of drug-likeness (QED) is 0.637. The van der Waals surface area contributed by atoms with Crippen molar-refractivity contribution in [3.63, 3.8) is 0 Å². The fourth-order valence-corrected chi connectivity index (χ4v) is 1.38. The Labute approximate surface area is 102 Å². The molecule has 0 aliphatic heterocycles. The smallest absolute Gasteiger partial charge is 0.399 e. The Kier molecular flexibility index (Phi) is 3.01. The van der Waals surface area contributed by atoms with Crippen LogP contribution in [0.3, 0.4) is 0 Å². The van der Waals surface area contributed by atoms with E-state index in [0.29, 0.717) is 22.0 Å². The van der Waals surface area contributed by atoms with E-state index in [1.54, 1.807) is 6.92 Å². The van der Waals surface area contributed by atoms with Gasteiger partial charge in [0, 0.05) is 16.4 Å². The highest BCUT2D eigenvalue weighted by Gasteiger charge is 2.17. The number of ether oxygens (including phenoxy) is 1. The summed E-state index contributed by atoms with van der Waals surface area (Å²) in [6.45, 7) is 1.70. The lowest BCUT2D eigenvalue weighted by molar-refractivity contribution is -0.905. The number of aryl methyl sites for hydroxylation is 1. The Balaban J connectivity index is 2.37. The summed E-state index contributed by atoms with van der Waals surface area (Å²) in [5.74, 6) is -1.85. The van der Waals surface area contributed by atoms with Crippen molar-refractivity contribution >= 4 is 5.69 Å². The highest BCUT2D eigenvalue weighted by molar-refractivity contribution is 5.45. The second-order valence-electron chi connectivity index (χ2n) is 3.77. The Bertz CT molecular complexity index is 603. The molecule has 3 N–H and O–H groups in total. The van der Waals surface area contributed by atoms with Gasteiger partial charge >= 0.3 is 5.88 Å². The molecule has 0 bridgehead atoms. The maximum atomic E-state index is 13.4. The fourth-order valence-electron chi connectivity index (χ4n) is 1.38. The van der Waals surface area contributed by atoms with E-state index in [-0.39, 0.29) is 11.6 Å². The Morgan fingerprint density at radius 3 is 2.67 bits per heavy atom. The third kappa shape index (κ3) is 2.32. The zero-order valence-electron chi connectivity index (χ0n) is 9.52. The predicted octanol–water partition coefficient (Wildman–Crippen LogP) is 2.17. The number of hydrogen-bond donors (Lipinski definition) is 2. The summed E-state index contributed by atoms with van der Waals surface area (Å²) in [4.78, 5) is 0. The molecule has 0 fully saturated rings. The van der Waals surface area contributed by atoms with Gasteiger partial charge in [-0.1, -0.05) is 0 Å². The lowest BCUT2D eigenvalue weighted by Crippen LogP contribution is -2.32. The molecule has 0 saturated heterocycles. The van der Waals surface area contributed by atoms with Gasteiger partial charge < -0.3 is 10.5 Å². The van der Waals surface area contributed by atoms with E-state index in [9.17, 15) is 14.0 Å². The van der Waals surface area contributed by atoms with Gasteiger partial charge in [0.15, 0.2) is 11.6 Å². The van der Waals surface area contributed by atoms with E-state index in [1.807, 2.05) is 0 Å². The Morgan fingerprint density at radius 2 is 2.00 bits per heavy atom. The Morgan fingerprint density at radius 1 is 1.28 bits per heavy atom. The molecule has 1 aromatic heterocycles. The van der Waals surface area contributed by atoms with Crippen molar-refractivity contribution in [2.45, 2.75) is 6.92 Å². The monoisotopic (exact) mass is 253 g/mol.